The molecule has 0 radical (unpaired) electrons. The van der Waals surface area contributed by atoms with Crippen LogP contribution in [-0.2, 0) is 11.3 Å². The maximum absolute atomic E-state index is 10.8. The van der Waals surface area contributed by atoms with E-state index < -0.39 is 0 Å². The zero-order valence-corrected chi connectivity index (χ0v) is 7.49. The summed E-state index contributed by atoms with van der Waals surface area (Å²) in [6, 6.07) is 1.44. The lowest BCUT2D eigenvalue weighted by Gasteiger charge is -2.10. The van der Waals surface area contributed by atoms with Gasteiger partial charge in [0.25, 0.3) is 0 Å². The fourth-order valence-electron chi connectivity index (χ4n) is 1.00. The fourth-order valence-corrected chi connectivity index (χ4v) is 1.00. The third-order valence-electron chi connectivity index (χ3n) is 1.77. The van der Waals surface area contributed by atoms with E-state index in [0.29, 0.717) is 18.7 Å². The molecule has 0 aromatic carbocycles. The van der Waals surface area contributed by atoms with Gasteiger partial charge in [-0.25, -0.2) is 0 Å². The first-order valence-corrected chi connectivity index (χ1v) is 4.16. The monoisotopic (exact) mass is 183 g/mol. The van der Waals surface area contributed by atoms with Crippen LogP contribution in [0.25, 0.3) is 0 Å². The third-order valence-corrected chi connectivity index (χ3v) is 1.77. The molecule has 1 aromatic heterocycles. The number of nitrogens with zero attached hydrogens (tertiary/aromatic N) is 1. The van der Waals surface area contributed by atoms with Crippen LogP contribution in [0.4, 0.5) is 0 Å². The van der Waals surface area contributed by atoms with Gasteiger partial charge in [0.15, 0.2) is 0 Å². The average Bonchev–Trinajstić information content (AvgIpc) is 2.57. The van der Waals surface area contributed by atoms with Crippen molar-refractivity contribution in [3.63, 3.8) is 0 Å². The summed E-state index contributed by atoms with van der Waals surface area (Å²) in [6.45, 7) is 2.37. The van der Waals surface area contributed by atoms with Crippen molar-refractivity contribution in [2.45, 2.75) is 25.9 Å². The molecule has 72 valence electrons. The molecule has 0 saturated heterocycles. The van der Waals surface area contributed by atoms with Crippen LogP contribution in [0.2, 0.25) is 0 Å². The molecular formula is C8H13N3O2. The van der Waals surface area contributed by atoms with Gasteiger partial charge in [-0.05, 0) is 6.42 Å². The van der Waals surface area contributed by atoms with Crippen molar-refractivity contribution in [1.82, 2.24) is 10.5 Å². The minimum Gasteiger partial charge on any atom is -0.368 e. The number of nitrogens with one attached hydrogen (secondary N) is 1. The second-order valence-electron chi connectivity index (χ2n) is 2.72. The summed E-state index contributed by atoms with van der Waals surface area (Å²) in [5.41, 5.74) is 5.14. The number of amides is 1. The highest BCUT2D eigenvalue weighted by Crippen LogP contribution is 1.97. The van der Waals surface area contributed by atoms with Crippen LogP contribution in [-0.4, -0.2) is 17.1 Å². The standard InChI is InChI=1S/C8H13N3O2/c1-2-7(8(9)12)10-5-6-3-4-11-13-6/h3-4,7,10H,2,5H2,1H3,(H2,9,12). The van der Waals surface area contributed by atoms with Crippen LogP contribution in [0.1, 0.15) is 19.1 Å². The van der Waals surface area contributed by atoms with Gasteiger partial charge < -0.3 is 10.3 Å². The molecule has 0 fully saturated rings. The summed E-state index contributed by atoms with van der Waals surface area (Å²) in [5.74, 6) is 0.349. The van der Waals surface area contributed by atoms with Crippen LogP contribution in [0, 0.1) is 0 Å². The first kappa shape index (κ1) is 9.73. The predicted molar refractivity (Wildman–Crippen MR) is 46.6 cm³/mol. The minimum absolute atomic E-state index is 0.301. The largest absolute Gasteiger partial charge is 0.368 e. The SMILES string of the molecule is CCC(NCc1ccno1)C(N)=O. The molecule has 0 aliphatic heterocycles. The van der Waals surface area contributed by atoms with E-state index in [9.17, 15) is 4.79 Å². The van der Waals surface area contributed by atoms with E-state index in [-0.39, 0.29) is 11.9 Å². The minimum atomic E-state index is -0.345. The van der Waals surface area contributed by atoms with E-state index in [1.807, 2.05) is 6.92 Å². The van der Waals surface area contributed by atoms with Gasteiger partial charge in [-0.3, -0.25) is 10.1 Å². The van der Waals surface area contributed by atoms with Crippen LogP contribution in [0.3, 0.4) is 0 Å². The third kappa shape index (κ3) is 2.87. The van der Waals surface area contributed by atoms with Gasteiger partial charge in [-0.1, -0.05) is 12.1 Å². The molecule has 1 rings (SSSR count). The maximum atomic E-state index is 10.8. The van der Waals surface area contributed by atoms with Crippen LogP contribution in [0.5, 0.6) is 0 Å². The molecule has 0 aliphatic rings. The van der Waals surface area contributed by atoms with Crippen LogP contribution < -0.4 is 11.1 Å². The van der Waals surface area contributed by atoms with E-state index in [4.69, 9.17) is 10.3 Å². The topological polar surface area (TPSA) is 81.2 Å². The Hall–Kier alpha value is -1.36. The Kier molecular flexibility index (Phi) is 3.45. The van der Waals surface area contributed by atoms with Gasteiger partial charge in [0, 0.05) is 6.07 Å². The summed E-state index contributed by atoms with van der Waals surface area (Å²) >= 11 is 0. The lowest BCUT2D eigenvalue weighted by molar-refractivity contribution is -0.120. The summed E-state index contributed by atoms with van der Waals surface area (Å²) < 4.78 is 4.84. The van der Waals surface area contributed by atoms with Crippen molar-refractivity contribution < 1.29 is 9.32 Å². The molecule has 1 unspecified atom stereocenters. The van der Waals surface area contributed by atoms with E-state index in [2.05, 4.69) is 10.5 Å². The Morgan fingerprint density at radius 3 is 3.08 bits per heavy atom. The van der Waals surface area contributed by atoms with Gasteiger partial charge in [0.2, 0.25) is 5.91 Å². The second-order valence-corrected chi connectivity index (χ2v) is 2.72. The van der Waals surface area contributed by atoms with E-state index in [1.165, 1.54) is 0 Å². The molecule has 1 atom stereocenters. The zero-order chi connectivity index (χ0) is 9.68. The van der Waals surface area contributed by atoms with Gasteiger partial charge >= 0.3 is 0 Å². The molecule has 0 bridgehead atoms. The molecule has 5 heteroatoms. The molecule has 1 aromatic rings. The molecule has 1 heterocycles. The van der Waals surface area contributed by atoms with Gasteiger partial charge in [-0.15, -0.1) is 0 Å². The molecule has 0 spiro atoms. The number of carbonyl (C=O) groups excluding carboxylic acids is 1. The molecule has 5 nitrogen and oxygen atoms in total. The number of aromatic nitrogens is 1. The molecule has 13 heavy (non-hydrogen) atoms. The van der Waals surface area contributed by atoms with Crippen molar-refractivity contribution in [3.8, 4) is 0 Å². The van der Waals surface area contributed by atoms with Crippen molar-refractivity contribution in [2.24, 2.45) is 5.73 Å². The molecule has 1 amide bonds. The highest BCUT2D eigenvalue weighted by molar-refractivity contribution is 5.79. The summed E-state index contributed by atoms with van der Waals surface area (Å²) in [5, 5.41) is 6.50. The Morgan fingerprint density at radius 1 is 1.85 bits per heavy atom. The Labute approximate surface area is 76.3 Å². The van der Waals surface area contributed by atoms with E-state index >= 15 is 0 Å². The first-order chi connectivity index (χ1) is 6.24. The number of rotatable bonds is 5. The Balaban J connectivity index is 2.36. The van der Waals surface area contributed by atoms with Crippen molar-refractivity contribution in [3.05, 3.63) is 18.0 Å². The molecule has 0 saturated carbocycles. The summed E-state index contributed by atoms with van der Waals surface area (Å²) in [4.78, 5) is 10.8. The first-order valence-electron chi connectivity index (χ1n) is 4.16. The predicted octanol–water partition coefficient (Wildman–Crippen LogP) is 0.0281. The highest BCUT2D eigenvalue weighted by atomic mass is 16.5. The Morgan fingerprint density at radius 2 is 2.62 bits per heavy atom. The van der Waals surface area contributed by atoms with Crippen LogP contribution in [0.15, 0.2) is 16.8 Å². The summed E-state index contributed by atoms with van der Waals surface area (Å²) in [6.07, 6.45) is 2.23. The van der Waals surface area contributed by atoms with E-state index in [1.54, 1.807) is 12.3 Å². The number of hydrogen-bond donors (Lipinski definition) is 2. The zero-order valence-electron chi connectivity index (χ0n) is 7.49. The van der Waals surface area contributed by atoms with Crippen molar-refractivity contribution in [1.29, 1.82) is 0 Å². The van der Waals surface area contributed by atoms with Gasteiger partial charge in [0.05, 0.1) is 18.8 Å². The average molecular weight is 183 g/mol. The normalized spacial score (nSPS) is 12.7. The Bertz CT molecular complexity index is 258. The number of carbonyl (C=O) groups is 1. The fraction of sp³-hybridized carbons (Fsp3) is 0.500. The number of hydrogen-bond acceptors (Lipinski definition) is 4. The lowest BCUT2D eigenvalue weighted by atomic mass is 10.2. The number of nitrogens with two attached hydrogens (primary N) is 1. The lowest BCUT2D eigenvalue weighted by Crippen LogP contribution is -2.40. The smallest absolute Gasteiger partial charge is 0.234 e. The van der Waals surface area contributed by atoms with E-state index in [0.717, 1.165) is 0 Å². The molecular weight excluding hydrogens is 170 g/mol. The summed E-state index contributed by atoms with van der Waals surface area (Å²) in [7, 11) is 0. The number of primary amides is 1. The van der Waals surface area contributed by atoms with Crippen LogP contribution >= 0.6 is 0 Å². The quantitative estimate of drug-likeness (QED) is 0.674. The highest BCUT2D eigenvalue weighted by Gasteiger charge is 2.11. The van der Waals surface area contributed by atoms with Crippen molar-refractivity contribution in [2.75, 3.05) is 0 Å². The molecule has 3 N–H and O–H groups in total. The second kappa shape index (κ2) is 4.61. The van der Waals surface area contributed by atoms with Gasteiger partial charge in [0.1, 0.15) is 5.76 Å². The molecule has 0 aliphatic carbocycles. The van der Waals surface area contributed by atoms with Crippen molar-refractivity contribution >= 4 is 5.91 Å². The maximum Gasteiger partial charge on any atom is 0.234 e. The van der Waals surface area contributed by atoms with Gasteiger partial charge in [-0.2, -0.15) is 0 Å².